The van der Waals surface area contributed by atoms with E-state index in [1.165, 1.54) is 11.1 Å². The molecule has 0 aliphatic carbocycles. The summed E-state index contributed by atoms with van der Waals surface area (Å²) in [5.74, 6) is 0. The number of aromatic nitrogens is 1. The number of fused-ring (bicyclic) bond motifs is 1. The summed E-state index contributed by atoms with van der Waals surface area (Å²) >= 11 is 0. The van der Waals surface area contributed by atoms with E-state index >= 15 is 0 Å². The minimum atomic E-state index is 0.185. The molecule has 0 bridgehead atoms. The van der Waals surface area contributed by atoms with Gasteiger partial charge in [0.2, 0.25) is 0 Å². The van der Waals surface area contributed by atoms with Crippen LogP contribution in [0, 0.1) is 5.41 Å². The van der Waals surface area contributed by atoms with Crippen molar-refractivity contribution in [3.63, 3.8) is 0 Å². The molecular formula is C11H14N2. The first-order valence-electron chi connectivity index (χ1n) is 4.56. The summed E-state index contributed by atoms with van der Waals surface area (Å²) in [7, 11) is 0. The molecule has 0 radical (unpaired) electrons. The van der Waals surface area contributed by atoms with Crippen LogP contribution in [0.25, 0.3) is 0 Å². The molecule has 0 saturated heterocycles. The van der Waals surface area contributed by atoms with Gasteiger partial charge < -0.3 is 0 Å². The fourth-order valence-corrected chi connectivity index (χ4v) is 1.69. The van der Waals surface area contributed by atoms with Gasteiger partial charge in [0.15, 0.2) is 0 Å². The van der Waals surface area contributed by atoms with Crippen LogP contribution < -0.4 is 0 Å². The van der Waals surface area contributed by atoms with Crippen molar-refractivity contribution in [2.45, 2.75) is 26.8 Å². The maximum Gasteiger partial charge on any atom is 0.0818 e. The Hall–Kier alpha value is -1.18. The van der Waals surface area contributed by atoms with Crippen molar-refractivity contribution in [1.82, 2.24) is 4.98 Å². The van der Waals surface area contributed by atoms with Crippen molar-refractivity contribution in [2.75, 3.05) is 0 Å². The van der Waals surface area contributed by atoms with E-state index in [4.69, 9.17) is 0 Å². The second-order valence-electron chi connectivity index (χ2n) is 4.55. The van der Waals surface area contributed by atoms with Crippen molar-refractivity contribution < 1.29 is 0 Å². The van der Waals surface area contributed by atoms with E-state index in [0.717, 1.165) is 0 Å². The maximum atomic E-state index is 4.51. The van der Waals surface area contributed by atoms with E-state index in [-0.39, 0.29) is 11.5 Å². The first kappa shape index (κ1) is 8.42. The number of aliphatic imine (C=N–C) groups is 1. The maximum absolute atomic E-state index is 4.51. The van der Waals surface area contributed by atoms with Gasteiger partial charge >= 0.3 is 0 Å². The lowest BCUT2D eigenvalue weighted by atomic mass is 9.83. The molecule has 1 aromatic rings. The average Bonchev–Trinajstić information content (AvgIpc) is 2.45. The molecule has 1 aromatic heterocycles. The summed E-state index contributed by atoms with van der Waals surface area (Å²) in [5.41, 5.74) is 2.66. The molecule has 1 aliphatic rings. The zero-order chi connectivity index (χ0) is 9.47. The molecule has 0 N–H and O–H groups in total. The number of rotatable bonds is 0. The Morgan fingerprint density at radius 3 is 2.77 bits per heavy atom. The normalized spacial score (nSPS) is 20.4. The van der Waals surface area contributed by atoms with Crippen molar-refractivity contribution >= 4 is 6.21 Å². The Kier molecular flexibility index (Phi) is 1.72. The quantitative estimate of drug-likeness (QED) is 0.593. The van der Waals surface area contributed by atoms with Crippen LogP contribution >= 0.6 is 0 Å². The van der Waals surface area contributed by atoms with Crippen LogP contribution in [0.5, 0.6) is 0 Å². The molecule has 0 fully saturated rings. The summed E-state index contributed by atoms with van der Waals surface area (Å²) in [6.07, 6.45) is 5.70. The summed E-state index contributed by atoms with van der Waals surface area (Å²) < 4.78 is 0. The molecule has 2 heteroatoms. The van der Waals surface area contributed by atoms with Crippen LogP contribution in [0.3, 0.4) is 0 Å². The van der Waals surface area contributed by atoms with Gasteiger partial charge in [0, 0.05) is 29.7 Å². The van der Waals surface area contributed by atoms with Crippen molar-refractivity contribution in [1.29, 1.82) is 0 Å². The van der Waals surface area contributed by atoms with Gasteiger partial charge in [-0.15, -0.1) is 0 Å². The van der Waals surface area contributed by atoms with E-state index in [1.54, 1.807) is 0 Å². The fraction of sp³-hybridized carbons (Fsp3) is 0.455. The Bertz CT molecular complexity index is 347. The molecule has 13 heavy (non-hydrogen) atoms. The first-order valence-corrected chi connectivity index (χ1v) is 4.56. The van der Waals surface area contributed by atoms with Crippen molar-refractivity contribution in [3.05, 3.63) is 29.6 Å². The molecular weight excluding hydrogens is 160 g/mol. The van der Waals surface area contributed by atoms with E-state index < -0.39 is 0 Å². The standard InChI is InChI=1S/C11H14N2/c1-11(2,3)10-9-7-12-5-4-8(9)6-13-10/h4-7,10H,1-3H3. The summed E-state index contributed by atoms with van der Waals surface area (Å²) in [5, 5.41) is 0. The number of hydrogen-bond acceptors (Lipinski definition) is 2. The van der Waals surface area contributed by atoms with Gasteiger partial charge in [-0.1, -0.05) is 20.8 Å². The number of pyridine rings is 1. The lowest BCUT2D eigenvalue weighted by molar-refractivity contribution is 0.333. The molecule has 68 valence electrons. The number of nitrogens with zero attached hydrogens (tertiary/aromatic N) is 2. The van der Waals surface area contributed by atoms with Gasteiger partial charge in [-0.05, 0) is 11.5 Å². The smallest absolute Gasteiger partial charge is 0.0818 e. The third-order valence-corrected chi connectivity index (χ3v) is 2.36. The van der Waals surface area contributed by atoms with Gasteiger partial charge in [-0.25, -0.2) is 0 Å². The minimum absolute atomic E-state index is 0.185. The van der Waals surface area contributed by atoms with Crippen LogP contribution in [-0.4, -0.2) is 11.2 Å². The second-order valence-corrected chi connectivity index (χ2v) is 4.55. The number of hydrogen-bond donors (Lipinski definition) is 0. The highest BCUT2D eigenvalue weighted by Gasteiger charge is 2.29. The Labute approximate surface area is 78.7 Å². The molecule has 0 spiro atoms. The first-order chi connectivity index (χ1) is 6.09. The van der Waals surface area contributed by atoms with Gasteiger partial charge in [-0.3, -0.25) is 9.98 Å². The van der Waals surface area contributed by atoms with Crippen molar-refractivity contribution in [2.24, 2.45) is 10.4 Å². The summed E-state index contributed by atoms with van der Waals surface area (Å²) in [6.45, 7) is 6.62. The highest BCUT2D eigenvalue weighted by molar-refractivity contribution is 5.85. The van der Waals surface area contributed by atoms with Crippen LogP contribution in [0.15, 0.2) is 23.5 Å². The van der Waals surface area contributed by atoms with Crippen LogP contribution in [0.2, 0.25) is 0 Å². The Balaban J connectivity index is 2.45. The molecule has 1 atom stereocenters. The zero-order valence-corrected chi connectivity index (χ0v) is 8.28. The van der Waals surface area contributed by atoms with E-state index in [9.17, 15) is 0 Å². The largest absolute Gasteiger partial charge is 0.284 e. The highest BCUT2D eigenvalue weighted by atomic mass is 14.8. The molecule has 0 saturated carbocycles. The zero-order valence-electron chi connectivity index (χ0n) is 8.28. The van der Waals surface area contributed by atoms with Crippen LogP contribution in [0.1, 0.15) is 37.9 Å². The minimum Gasteiger partial charge on any atom is -0.284 e. The predicted octanol–water partition coefficient (Wildman–Crippen LogP) is 2.60. The summed E-state index contributed by atoms with van der Waals surface area (Å²) in [6, 6.07) is 2.29. The molecule has 1 aliphatic heterocycles. The topological polar surface area (TPSA) is 25.2 Å². The Morgan fingerprint density at radius 1 is 1.31 bits per heavy atom. The molecule has 2 nitrogen and oxygen atoms in total. The lowest BCUT2D eigenvalue weighted by Gasteiger charge is -2.25. The van der Waals surface area contributed by atoms with E-state index in [1.807, 2.05) is 24.7 Å². The fourth-order valence-electron chi connectivity index (χ4n) is 1.69. The van der Waals surface area contributed by atoms with Crippen LogP contribution in [0.4, 0.5) is 0 Å². The van der Waals surface area contributed by atoms with E-state index in [0.29, 0.717) is 0 Å². The van der Waals surface area contributed by atoms with E-state index in [2.05, 4.69) is 30.7 Å². The highest BCUT2D eigenvalue weighted by Crippen LogP contribution is 2.39. The average molecular weight is 174 g/mol. The molecule has 0 aromatic carbocycles. The monoisotopic (exact) mass is 174 g/mol. The second kappa shape index (κ2) is 2.66. The van der Waals surface area contributed by atoms with Crippen molar-refractivity contribution in [3.8, 4) is 0 Å². The molecule has 0 amide bonds. The molecule has 2 rings (SSSR count). The Morgan fingerprint density at radius 2 is 2.08 bits per heavy atom. The third-order valence-electron chi connectivity index (χ3n) is 2.36. The van der Waals surface area contributed by atoms with Gasteiger partial charge in [0.05, 0.1) is 6.04 Å². The van der Waals surface area contributed by atoms with Gasteiger partial charge in [0.25, 0.3) is 0 Å². The predicted molar refractivity (Wildman–Crippen MR) is 54.0 cm³/mol. The van der Waals surface area contributed by atoms with Gasteiger partial charge in [-0.2, -0.15) is 0 Å². The third kappa shape index (κ3) is 1.37. The molecule has 2 heterocycles. The lowest BCUT2D eigenvalue weighted by Crippen LogP contribution is -2.15. The van der Waals surface area contributed by atoms with Gasteiger partial charge in [0.1, 0.15) is 0 Å². The molecule has 1 unspecified atom stereocenters. The SMILES string of the molecule is CC(C)(C)C1N=Cc2ccncc21. The van der Waals surface area contributed by atoms with Crippen LogP contribution in [-0.2, 0) is 0 Å². The summed E-state index contributed by atoms with van der Waals surface area (Å²) in [4.78, 5) is 8.65.